The highest BCUT2D eigenvalue weighted by Crippen LogP contribution is 2.30. The number of H-pyrrole nitrogens is 1. The summed E-state index contributed by atoms with van der Waals surface area (Å²) < 4.78 is 5.53. The predicted octanol–water partition coefficient (Wildman–Crippen LogP) is 2.30. The van der Waals surface area contributed by atoms with Crippen molar-refractivity contribution in [2.24, 2.45) is 0 Å². The Morgan fingerprint density at radius 3 is 3.00 bits per heavy atom. The second-order valence-electron chi connectivity index (χ2n) is 6.09. The lowest BCUT2D eigenvalue weighted by atomic mass is 10.0. The normalized spacial score (nSPS) is 12.3. The lowest BCUT2D eigenvalue weighted by Crippen LogP contribution is -2.26. The van der Waals surface area contributed by atoms with E-state index in [2.05, 4.69) is 21.4 Å². The maximum atomic E-state index is 12.4. The van der Waals surface area contributed by atoms with E-state index in [4.69, 9.17) is 4.74 Å². The Bertz CT molecular complexity index is 1030. The molecule has 1 amide bonds. The summed E-state index contributed by atoms with van der Waals surface area (Å²) in [5.74, 6) is 0.649. The Morgan fingerprint density at radius 1 is 1.19 bits per heavy atom. The Kier molecular flexibility index (Phi) is 4.23. The number of hydrogen-bond donors (Lipinski definition) is 2. The van der Waals surface area contributed by atoms with Crippen molar-refractivity contribution in [2.75, 3.05) is 6.61 Å². The number of fused-ring (bicyclic) bond motifs is 1. The fourth-order valence-electron chi connectivity index (χ4n) is 2.96. The van der Waals surface area contributed by atoms with Crippen molar-refractivity contribution in [3.05, 3.63) is 82.0 Å². The van der Waals surface area contributed by atoms with Crippen molar-refractivity contribution in [2.45, 2.75) is 13.0 Å². The number of aromatic amines is 1. The highest BCUT2D eigenvalue weighted by molar-refractivity contribution is 5.95. The standard InChI is InChI=1S/C20H17N3O3/c24-19-15(2-1-6-22-19)12-23-20(25)17-9-16(10-21-11-17)13-3-4-18-14(8-13)5-7-26-18/h1-4,6,8-11H,5,7,12H2,(H,22,24)(H,23,25). The number of aromatic nitrogens is 2. The van der Waals surface area contributed by atoms with Gasteiger partial charge in [0.2, 0.25) is 0 Å². The molecule has 6 nitrogen and oxygen atoms in total. The summed E-state index contributed by atoms with van der Waals surface area (Å²) in [5.41, 5.74) is 3.77. The molecule has 4 rings (SSSR count). The molecule has 3 aromatic rings. The van der Waals surface area contributed by atoms with E-state index in [1.54, 1.807) is 30.6 Å². The van der Waals surface area contributed by atoms with E-state index in [0.717, 1.165) is 23.3 Å². The van der Waals surface area contributed by atoms with Gasteiger partial charge in [-0.2, -0.15) is 0 Å². The van der Waals surface area contributed by atoms with Gasteiger partial charge in [0.1, 0.15) is 5.75 Å². The third kappa shape index (κ3) is 3.21. The fraction of sp³-hybridized carbons (Fsp3) is 0.150. The number of amides is 1. The van der Waals surface area contributed by atoms with E-state index in [9.17, 15) is 9.59 Å². The van der Waals surface area contributed by atoms with Gasteiger partial charge in [-0.1, -0.05) is 12.1 Å². The molecule has 2 aromatic heterocycles. The number of benzene rings is 1. The molecule has 0 spiro atoms. The Balaban J connectivity index is 1.53. The maximum Gasteiger partial charge on any atom is 0.253 e. The van der Waals surface area contributed by atoms with E-state index in [-0.39, 0.29) is 18.0 Å². The summed E-state index contributed by atoms with van der Waals surface area (Å²) in [5, 5.41) is 2.76. The van der Waals surface area contributed by atoms with Crippen LogP contribution in [0, 0.1) is 0 Å². The molecule has 3 heterocycles. The minimum atomic E-state index is -0.271. The van der Waals surface area contributed by atoms with Crippen LogP contribution in [0.1, 0.15) is 21.5 Å². The van der Waals surface area contributed by atoms with Gasteiger partial charge in [-0.25, -0.2) is 0 Å². The second kappa shape index (κ2) is 6.84. The van der Waals surface area contributed by atoms with Gasteiger partial charge in [0, 0.05) is 42.7 Å². The molecule has 0 aliphatic carbocycles. The SMILES string of the molecule is O=C(NCc1ccc[nH]c1=O)c1cncc(-c2ccc3c(c2)CCO3)c1. The van der Waals surface area contributed by atoms with Gasteiger partial charge in [-0.3, -0.25) is 14.6 Å². The zero-order valence-electron chi connectivity index (χ0n) is 14.0. The first-order chi connectivity index (χ1) is 12.7. The molecule has 0 saturated heterocycles. The van der Waals surface area contributed by atoms with Gasteiger partial charge in [-0.05, 0) is 35.4 Å². The summed E-state index contributed by atoms with van der Waals surface area (Å²) in [6, 6.07) is 11.2. The molecule has 2 N–H and O–H groups in total. The van der Waals surface area contributed by atoms with Crippen LogP contribution in [0.5, 0.6) is 5.75 Å². The lowest BCUT2D eigenvalue weighted by molar-refractivity contribution is 0.0950. The van der Waals surface area contributed by atoms with Gasteiger partial charge >= 0.3 is 0 Å². The molecule has 1 aliphatic rings. The van der Waals surface area contributed by atoms with E-state index >= 15 is 0 Å². The third-order valence-corrected chi connectivity index (χ3v) is 4.36. The molecule has 1 aliphatic heterocycles. The molecule has 0 fully saturated rings. The average molecular weight is 347 g/mol. The molecule has 1 aromatic carbocycles. The molecule has 130 valence electrons. The third-order valence-electron chi connectivity index (χ3n) is 4.36. The average Bonchev–Trinajstić information content (AvgIpc) is 3.15. The number of nitrogens with one attached hydrogen (secondary N) is 2. The molecule has 26 heavy (non-hydrogen) atoms. The molecule has 0 bridgehead atoms. The van der Waals surface area contributed by atoms with E-state index in [0.29, 0.717) is 17.7 Å². The quantitative estimate of drug-likeness (QED) is 0.758. The fourth-order valence-corrected chi connectivity index (χ4v) is 2.96. The first kappa shape index (κ1) is 16.1. The number of carbonyl (C=O) groups excluding carboxylic acids is 1. The van der Waals surface area contributed by atoms with Gasteiger partial charge in [0.05, 0.1) is 12.2 Å². The summed E-state index contributed by atoms with van der Waals surface area (Å²) in [4.78, 5) is 30.9. The highest BCUT2D eigenvalue weighted by Gasteiger charge is 2.14. The van der Waals surface area contributed by atoms with Crippen molar-refractivity contribution in [3.63, 3.8) is 0 Å². The van der Waals surface area contributed by atoms with Crippen LogP contribution in [0.3, 0.4) is 0 Å². The van der Waals surface area contributed by atoms with Crippen molar-refractivity contribution in [1.29, 1.82) is 0 Å². The minimum absolute atomic E-state index is 0.162. The molecular formula is C20H17N3O3. The van der Waals surface area contributed by atoms with Crippen molar-refractivity contribution in [1.82, 2.24) is 15.3 Å². The summed E-state index contributed by atoms with van der Waals surface area (Å²) in [6.45, 7) is 0.869. The number of pyridine rings is 2. The topological polar surface area (TPSA) is 84.1 Å². The zero-order chi connectivity index (χ0) is 17.9. The van der Waals surface area contributed by atoms with Crippen LogP contribution >= 0.6 is 0 Å². The second-order valence-corrected chi connectivity index (χ2v) is 6.09. The first-order valence-corrected chi connectivity index (χ1v) is 8.36. The van der Waals surface area contributed by atoms with Crippen LogP contribution in [-0.2, 0) is 13.0 Å². The first-order valence-electron chi connectivity index (χ1n) is 8.36. The highest BCUT2D eigenvalue weighted by atomic mass is 16.5. The Morgan fingerprint density at radius 2 is 2.12 bits per heavy atom. The lowest BCUT2D eigenvalue weighted by Gasteiger charge is -2.08. The molecule has 0 unspecified atom stereocenters. The van der Waals surface area contributed by atoms with Crippen LogP contribution in [0.25, 0.3) is 11.1 Å². The van der Waals surface area contributed by atoms with E-state index < -0.39 is 0 Å². The van der Waals surface area contributed by atoms with Crippen LogP contribution in [0.4, 0.5) is 0 Å². The van der Waals surface area contributed by atoms with Gasteiger partial charge in [0.15, 0.2) is 0 Å². The van der Waals surface area contributed by atoms with E-state index in [1.807, 2.05) is 12.1 Å². The van der Waals surface area contributed by atoms with Crippen LogP contribution in [0.15, 0.2) is 59.8 Å². The summed E-state index contributed by atoms with van der Waals surface area (Å²) >= 11 is 0. The van der Waals surface area contributed by atoms with Crippen molar-refractivity contribution < 1.29 is 9.53 Å². The number of hydrogen-bond acceptors (Lipinski definition) is 4. The van der Waals surface area contributed by atoms with Crippen molar-refractivity contribution in [3.8, 4) is 16.9 Å². The largest absolute Gasteiger partial charge is 0.493 e. The van der Waals surface area contributed by atoms with Crippen LogP contribution in [0.2, 0.25) is 0 Å². The van der Waals surface area contributed by atoms with Crippen molar-refractivity contribution >= 4 is 5.91 Å². The molecule has 0 saturated carbocycles. The summed E-state index contributed by atoms with van der Waals surface area (Å²) in [7, 11) is 0. The minimum Gasteiger partial charge on any atom is -0.493 e. The number of carbonyl (C=O) groups is 1. The molecule has 0 radical (unpaired) electrons. The monoisotopic (exact) mass is 347 g/mol. The predicted molar refractivity (Wildman–Crippen MR) is 97.1 cm³/mol. The number of ether oxygens (including phenoxy) is 1. The van der Waals surface area contributed by atoms with Gasteiger partial charge < -0.3 is 15.0 Å². The van der Waals surface area contributed by atoms with Crippen LogP contribution in [-0.4, -0.2) is 22.5 Å². The summed E-state index contributed by atoms with van der Waals surface area (Å²) in [6.07, 6.45) is 5.70. The number of rotatable bonds is 4. The molecule has 6 heteroatoms. The Hall–Kier alpha value is -3.41. The molecular weight excluding hydrogens is 330 g/mol. The molecule has 0 atom stereocenters. The van der Waals surface area contributed by atoms with Gasteiger partial charge in [-0.15, -0.1) is 0 Å². The number of nitrogens with zero attached hydrogens (tertiary/aromatic N) is 1. The maximum absolute atomic E-state index is 12.4. The Labute approximate surface area is 149 Å². The van der Waals surface area contributed by atoms with E-state index in [1.165, 1.54) is 11.8 Å². The zero-order valence-corrected chi connectivity index (χ0v) is 14.0. The van der Waals surface area contributed by atoms with Crippen LogP contribution < -0.4 is 15.6 Å². The smallest absolute Gasteiger partial charge is 0.253 e. The van der Waals surface area contributed by atoms with Gasteiger partial charge in [0.25, 0.3) is 11.5 Å².